The largest absolute Gasteiger partial charge is 0.497 e. The first-order valence-corrected chi connectivity index (χ1v) is 10.1. The Balaban J connectivity index is 1.41. The monoisotopic (exact) mass is 407 g/mol. The SMILES string of the molecule is COc1ccc(CCC(=O)N2CCC[C@@H]2c2nc(-c3ccc(OC)cc3)no2)cc1. The Labute approximate surface area is 175 Å². The van der Waals surface area contributed by atoms with Crippen LogP contribution in [-0.2, 0) is 11.2 Å². The molecule has 0 N–H and O–H groups in total. The average molecular weight is 407 g/mol. The van der Waals surface area contributed by atoms with Crippen molar-refractivity contribution in [1.82, 2.24) is 15.0 Å². The highest BCUT2D eigenvalue weighted by Gasteiger charge is 2.33. The number of hydrogen-bond acceptors (Lipinski definition) is 6. The third kappa shape index (κ3) is 4.30. The molecule has 0 bridgehead atoms. The second-order valence-electron chi connectivity index (χ2n) is 7.28. The molecule has 2 aromatic carbocycles. The molecule has 0 radical (unpaired) electrons. The van der Waals surface area contributed by atoms with E-state index in [9.17, 15) is 4.79 Å². The molecule has 0 aliphatic carbocycles. The van der Waals surface area contributed by atoms with Gasteiger partial charge in [-0.15, -0.1) is 0 Å². The van der Waals surface area contributed by atoms with E-state index < -0.39 is 0 Å². The van der Waals surface area contributed by atoms with Crippen molar-refractivity contribution in [2.45, 2.75) is 31.7 Å². The molecule has 1 atom stereocenters. The molecule has 0 saturated carbocycles. The molecule has 30 heavy (non-hydrogen) atoms. The van der Waals surface area contributed by atoms with E-state index in [0.717, 1.165) is 35.5 Å². The predicted molar refractivity (Wildman–Crippen MR) is 111 cm³/mol. The molecule has 156 valence electrons. The van der Waals surface area contributed by atoms with Gasteiger partial charge in [0.1, 0.15) is 17.5 Å². The smallest absolute Gasteiger partial charge is 0.249 e. The van der Waals surface area contributed by atoms with Crippen LogP contribution in [0.4, 0.5) is 0 Å². The van der Waals surface area contributed by atoms with Gasteiger partial charge in [-0.3, -0.25) is 4.79 Å². The zero-order chi connectivity index (χ0) is 20.9. The molecule has 7 heteroatoms. The van der Waals surface area contributed by atoms with Crippen LogP contribution in [-0.4, -0.2) is 41.7 Å². The van der Waals surface area contributed by atoms with Crippen molar-refractivity contribution < 1.29 is 18.8 Å². The summed E-state index contributed by atoms with van der Waals surface area (Å²) >= 11 is 0. The number of aromatic nitrogens is 2. The number of amides is 1. The number of nitrogens with zero attached hydrogens (tertiary/aromatic N) is 3. The van der Waals surface area contributed by atoms with E-state index >= 15 is 0 Å². The molecule has 3 aromatic rings. The number of rotatable bonds is 7. The zero-order valence-corrected chi connectivity index (χ0v) is 17.2. The summed E-state index contributed by atoms with van der Waals surface area (Å²) in [5.74, 6) is 2.71. The number of benzene rings is 2. The molecule has 1 fully saturated rings. The van der Waals surface area contributed by atoms with E-state index in [1.807, 2.05) is 53.4 Å². The molecule has 0 unspecified atom stereocenters. The van der Waals surface area contributed by atoms with E-state index in [1.54, 1.807) is 14.2 Å². The molecule has 1 aliphatic heterocycles. The number of likely N-dealkylation sites (tertiary alicyclic amines) is 1. The number of methoxy groups -OCH3 is 2. The maximum Gasteiger partial charge on any atom is 0.249 e. The summed E-state index contributed by atoms with van der Waals surface area (Å²) in [6.45, 7) is 0.715. The fourth-order valence-electron chi connectivity index (χ4n) is 3.74. The van der Waals surface area contributed by atoms with Crippen molar-refractivity contribution >= 4 is 5.91 Å². The molecule has 7 nitrogen and oxygen atoms in total. The fraction of sp³-hybridized carbons (Fsp3) is 0.348. The van der Waals surface area contributed by atoms with Crippen molar-refractivity contribution in [2.75, 3.05) is 20.8 Å². The molecule has 1 amide bonds. The lowest BCUT2D eigenvalue weighted by molar-refractivity contribution is -0.132. The summed E-state index contributed by atoms with van der Waals surface area (Å²) in [6, 6.07) is 15.1. The van der Waals surface area contributed by atoms with Gasteiger partial charge in [-0.05, 0) is 61.2 Å². The molecule has 1 aliphatic rings. The van der Waals surface area contributed by atoms with Gasteiger partial charge < -0.3 is 18.9 Å². The van der Waals surface area contributed by atoms with Crippen LogP contribution in [0.3, 0.4) is 0 Å². The van der Waals surface area contributed by atoms with Crippen molar-refractivity contribution in [3.63, 3.8) is 0 Å². The minimum Gasteiger partial charge on any atom is -0.497 e. The van der Waals surface area contributed by atoms with Gasteiger partial charge >= 0.3 is 0 Å². The highest BCUT2D eigenvalue weighted by molar-refractivity contribution is 5.77. The van der Waals surface area contributed by atoms with Crippen LogP contribution in [0.25, 0.3) is 11.4 Å². The normalized spacial score (nSPS) is 15.9. The lowest BCUT2D eigenvalue weighted by atomic mass is 10.1. The van der Waals surface area contributed by atoms with Gasteiger partial charge in [0.05, 0.1) is 14.2 Å². The van der Waals surface area contributed by atoms with Crippen LogP contribution in [0.15, 0.2) is 53.1 Å². The van der Waals surface area contributed by atoms with Gasteiger partial charge in [-0.1, -0.05) is 17.3 Å². The lowest BCUT2D eigenvalue weighted by Gasteiger charge is -2.21. The Bertz CT molecular complexity index is 982. The number of carbonyl (C=O) groups excluding carboxylic acids is 1. The van der Waals surface area contributed by atoms with E-state index in [-0.39, 0.29) is 11.9 Å². The molecular weight excluding hydrogens is 382 g/mol. The summed E-state index contributed by atoms with van der Waals surface area (Å²) in [4.78, 5) is 19.3. The first-order chi connectivity index (χ1) is 14.7. The van der Waals surface area contributed by atoms with Crippen molar-refractivity contribution in [3.05, 3.63) is 60.0 Å². The van der Waals surface area contributed by atoms with Crippen molar-refractivity contribution in [3.8, 4) is 22.9 Å². The quantitative estimate of drug-likeness (QED) is 0.588. The Kier molecular flexibility index (Phi) is 5.97. The Morgan fingerprint density at radius 2 is 1.73 bits per heavy atom. The second kappa shape index (κ2) is 8.98. The van der Waals surface area contributed by atoms with Gasteiger partial charge in [-0.25, -0.2) is 0 Å². The Morgan fingerprint density at radius 3 is 2.40 bits per heavy atom. The molecule has 4 rings (SSSR count). The van der Waals surface area contributed by atoms with Crippen LogP contribution in [0.5, 0.6) is 11.5 Å². The van der Waals surface area contributed by atoms with Crippen LogP contribution >= 0.6 is 0 Å². The summed E-state index contributed by atoms with van der Waals surface area (Å²) in [5, 5.41) is 4.11. The summed E-state index contributed by atoms with van der Waals surface area (Å²) in [5.41, 5.74) is 1.96. The number of carbonyl (C=O) groups is 1. The van der Waals surface area contributed by atoms with Crippen LogP contribution in [0.1, 0.15) is 36.8 Å². The van der Waals surface area contributed by atoms with Gasteiger partial charge in [0.15, 0.2) is 0 Å². The number of hydrogen-bond donors (Lipinski definition) is 0. The fourth-order valence-corrected chi connectivity index (χ4v) is 3.74. The molecule has 0 spiro atoms. The molecule has 2 heterocycles. The average Bonchev–Trinajstić information content (AvgIpc) is 3.47. The summed E-state index contributed by atoms with van der Waals surface area (Å²) < 4.78 is 15.9. The van der Waals surface area contributed by atoms with Gasteiger partial charge in [-0.2, -0.15) is 4.98 Å². The van der Waals surface area contributed by atoms with E-state index in [2.05, 4.69) is 10.1 Å². The minimum absolute atomic E-state index is 0.109. The molecule has 1 saturated heterocycles. The van der Waals surface area contributed by atoms with Gasteiger partial charge in [0.25, 0.3) is 0 Å². The first kappa shape index (κ1) is 19.9. The zero-order valence-electron chi connectivity index (χ0n) is 17.2. The van der Waals surface area contributed by atoms with Crippen LogP contribution < -0.4 is 9.47 Å². The highest BCUT2D eigenvalue weighted by Crippen LogP contribution is 2.33. The third-order valence-corrected chi connectivity index (χ3v) is 5.43. The van der Waals surface area contributed by atoms with E-state index in [0.29, 0.717) is 31.1 Å². The number of aryl methyl sites for hydroxylation is 1. The Hall–Kier alpha value is -3.35. The maximum atomic E-state index is 12.9. The Morgan fingerprint density at radius 1 is 1.07 bits per heavy atom. The minimum atomic E-state index is -0.159. The third-order valence-electron chi connectivity index (χ3n) is 5.43. The second-order valence-corrected chi connectivity index (χ2v) is 7.28. The predicted octanol–water partition coefficient (Wildman–Crippen LogP) is 4.05. The maximum absolute atomic E-state index is 12.9. The lowest BCUT2D eigenvalue weighted by Crippen LogP contribution is -2.30. The van der Waals surface area contributed by atoms with Crippen molar-refractivity contribution in [2.24, 2.45) is 0 Å². The van der Waals surface area contributed by atoms with Gasteiger partial charge in [0.2, 0.25) is 17.6 Å². The topological polar surface area (TPSA) is 77.7 Å². The highest BCUT2D eigenvalue weighted by atomic mass is 16.5. The number of ether oxygens (including phenoxy) is 2. The summed E-state index contributed by atoms with van der Waals surface area (Å²) in [6.07, 6.45) is 2.90. The van der Waals surface area contributed by atoms with Crippen molar-refractivity contribution in [1.29, 1.82) is 0 Å². The summed E-state index contributed by atoms with van der Waals surface area (Å²) in [7, 11) is 3.27. The van der Waals surface area contributed by atoms with Crippen LogP contribution in [0.2, 0.25) is 0 Å². The molecular formula is C23H25N3O4. The standard InChI is InChI=1S/C23H25N3O4/c1-28-18-10-5-16(6-11-18)7-14-21(27)26-15-3-4-20(26)23-24-22(25-30-23)17-8-12-19(29-2)13-9-17/h5-6,8-13,20H,3-4,7,14-15H2,1-2H3/t20-/m1/s1. The van der Waals surface area contributed by atoms with E-state index in [4.69, 9.17) is 14.0 Å². The molecule has 1 aromatic heterocycles. The van der Waals surface area contributed by atoms with E-state index in [1.165, 1.54) is 0 Å². The van der Waals surface area contributed by atoms with Gasteiger partial charge in [0, 0.05) is 18.5 Å². The van der Waals surface area contributed by atoms with Crippen LogP contribution in [0, 0.1) is 0 Å². The first-order valence-electron chi connectivity index (χ1n) is 10.1.